The molecule has 6 aromatic rings. The summed E-state index contributed by atoms with van der Waals surface area (Å²) in [5.41, 5.74) is 5.62. The van der Waals surface area contributed by atoms with Crippen LogP contribution in [0.5, 0.6) is 11.5 Å². The van der Waals surface area contributed by atoms with Crippen molar-refractivity contribution in [3.05, 3.63) is 156 Å². The van der Waals surface area contributed by atoms with E-state index in [2.05, 4.69) is 181 Å². The Kier molecular flexibility index (Phi) is 36.8. The first-order chi connectivity index (χ1) is 53.2. The van der Waals surface area contributed by atoms with Crippen LogP contribution in [0.3, 0.4) is 0 Å². The van der Waals surface area contributed by atoms with E-state index >= 15 is 0 Å². The molecule has 0 aliphatic carbocycles. The molecule has 1 amide bonds. The number of fused-ring (bicyclic) bond motifs is 1. The van der Waals surface area contributed by atoms with Crippen LogP contribution in [0.4, 0.5) is 22.0 Å². The number of ether oxygens (including phenoxy) is 2. The maximum atomic E-state index is 13.0. The van der Waals surface area contributed by atoms with Gasteiger partial charge in [0.15, 0.2) is 11.5 Å². The van der Waals surface area contributed by atoms with Crippen molar-refractivity contribution in [2.24, 2.45) is 76.9 Å². The molecule has 6 saturated heterocycles. The normalized spacial score (nSPS) is 20.3. The number of carbonyl (C=O) groups excluding carboxylic acids is 1. The highest BCUT2D eigenvalue weighted by atomic mass is 79.9. The number of rotatable bonds is 19. The molecule has 3 aromatic carbocycles. The van der Waals surface area contributed by atoms with E-state index in [1.54, 1.807) is 21.9 Å². The van der Waals surface area contributed by atoms with E-state index in [1.165, 1.54) is 115 Å². The van der Waals surface area contributed by atoms with Crippen molar-refractivity contribution in [2.75, 3.05) is 78.5 Å². The largest absolute Gasteiger partial charge is 0.586 e. The summed E-state index contributed by atoms with van der Waals surface area (Å²) in [6.45, 7) is 45.6. The van der Waals surface area contributed by atoms with Crippen molar-refractivity contribution in [3.8, 4) is 17.6 Å². The number of amides is 1. The summed E-state index contributed by atoms with van der Waals surface area (Å²) < 4.78 is 99.8. The highest BCUT2D eigenvalue weighted by Gasteiger charge is 2.44. The van der Waals surface area contributed by atoms with Gasteiger partial charge >= 0.3 is 12.5 Å². The number of hydrogen-bond donors (Lipinski definition) is 0. The second kappa shape index (κ2) is 44.7. The van der Waals surface area contributed by atoms with Gasteiger partial charge in [0.05, 0.1) is 27.6 Å². The number of halogens is 6. The summed E-state index contributed by atoms with van der Waals surface area (Å²) >= 11 is 6.84. The van der Waals surface area contributed by atoms with Crippen LogP contribution in [0.1, 0.15) is 204 Å². The predicted octanol–water partition coefficient (Wildman–Crippen LogP) is 20.8. The Balaban J connectivity index is 0.000000169. The second-order valence-electron chi connectivity index (χ2n) is 34.2. The van der Waals surface area contributed by atoms with Crippen LogP contribution in [0.2, 0.25) is 0 Å². The van der Waals surface area contributed by atoms with Gasteiger partial charge in [0.2, 0.25) is 15.9 Å². The highest BCUT2D eigenvalue weighted by Crippen LogP contribution is 2.42. The summed E-state index contributed by atoms with van der Waals surface area (Å²) in [5, 5.41) is 17.3. The summed E-state index contributed by atoms with van der Waals surface area (Å²) in [6.07, 6.45) is 7.14. The minimum absolute atomic E-state index is 0.113. The third-order valence-corrected chi connectivity index (χ3v) is 28.3. The van der Waals surface area contributed by atoms with Gasteiger partial charge in [-0.2, -0.15) is 18.4 Å². The van der Waals surface area contributed by atoms with Gasteiger partial charge in [-0.05, 0) is 281 Å². The summed E-state index contributed by atoms with van der Waals surface area (Å²) in [7, 11) is -3.15. The van der Waals surface area contributed by atoms with Crippen molar-refractivity contribution in [1.82, 2.24) is 44.0 Å². The molecule has 0 bridgehead atoms. The van der Waals surface area contributed by atoms with Gasteiger partial charge < -0.3 is 14.4 Å². The average molecular weight is 1680 g/mol. The molecule has 24 heteroatoms. The Hall–Kier alpha value is -5.49. The van der Waals surface area contributed by atoms with Crippen molar-refractivity contribution < 1.29 is 44.6 Å². The minimum atomic E-state index is -4.35. The average Bonchev–Trinajstić information content (AvgIpc) is 1.65. The molecule has 2 atom stereocenters. The number of hydrogen-bond acceptors (Lipinski definition) is 15. The van der Waals surface area contributed by atoms with Gasteiger partial charge in [0, 0.05) is 63.4 Å². The van der Waals surface area contributed by atoms with Crippen LogP contribution in [-0.2, 0) is 59.3 Å². The van der Waals surface area contributed by atoms with Gasteiger partial charge in [-0.25, -0.2) is 12.7 Å². The zero-order valence-electron chi connectivity index (χ0n) is 68.9. The molecule has 0 unspecified atom stereocenters. The molecule has 13 rings (SSSR count). The van der Waals surface area contributed by atoms with Crippen LogP contribution >= 0.6 is 38.6 Å². The lowest BCUT2D eigenvalue weighted by Crippen LogP contribution is -2.45. The summed E-state index contributed by atoms with van der Waals surface area (Å²) in [4.78, 5) is 29.0. The van der Waals surface area contributed by atoms with E-state index in [0.717, 1.165) is 159 Å². The molecule has 112 heavy (non-hydrogen) atoms. The first-order valence-electron chi connectivity index (χ1n) is 41.3. The van der Waals surface area contributed by atoms with Crippen molar-refractivity contribution >= 4 is 54.5 Å². The standard InChI is InChI=1S/C16H21F2NO2.C16H22N2.C15H21F3N2.C15H23NO2S.C13H20BrNS.C13H21N3OS/c1-11(2)13-5-7-19(8-6-13)10-12-3-4-14-15(9-12)21-16(17,18)20-14;1-13(2)16-7-9-18(10-8-16)12-15-5-3-14(11-17)4-6-15;1-11(2)13-5-7-20(8-6-13)10-12-3-4-14(19-9-12)15(16,17)18;1-13(2)15-8-10-16(11-9-15)19(17,18)12-14-6-4-3-5-7-14;1-10(2)11-5-7-15(8-6-11)9-12-3-4-13(14)16-12;1-9(2)11-7-16(5-4-10(11)3)13(17)6-12-15-14-8-18-12/h3-4,9,11,13H,5-8,10H2,1-2H3;3-6,13,16H,7-10,12H2,1-2H3;3-4,9,11,13H,5-8,10H2,1-2H3;3-7,13,15H,8-12H2,1-2H3;3-4,10-11H,5-9H2,1-2H3;8-11H,4-7H2,1-3H3/t;;;;;10-,11-/m.....1/s1. The number of benzene rings is 3. The molecular weight excluding hydrogens is 1550 g/mol. The van der Waals surface area contributed by atoms with E-state index in [9.17, 15) is 35.2 Å². The topological polar surface area (TPSA) is 152 Å². The van der Waals surface area contributed by atoms with Gasteiger partial charge in [-0.1, -0.05) is 145 Å². The Morgan fingerprint density at radius 3 is 1.47 bits per heavy atom. The molecule has 620 valence electrons. The molecule has 0 spiro atoms. The van der Waals surface area contributed by atoms with Crippen LogP contribution in [0.15, 0.2) is 113 Å². The minimum Gasteiger partial charge on any atom is -0.395 e. The molecule has 0 N–H and O–H groups in total. The zero-order valence-corrected chi connectivity index (χ0v) is 72.9. The number of likely N-dealkylation sites (tertiary alicyclic amines) is 5. The van der Waals surface area contributed by atoms with Crippen LogP contribution < -0.4 is 9.47 Å². The first-order valence-corrected chi connectivity index (χ1v) is 45.4. The molecule has 0 saturated carbocycles. The monoisotopic (exact) mass is 1670 g/mol. The molecule has 15 nitrogen and oxygen atoms in total. The van der Waals surface area contributed by atoms with E-state index in [-0.39, 0.29) is 23.2 Å². The lowest BCUT2D eigenvalue weighted by atomic mass is 9.79. The Morgan fingerprint density at radius 2 is 1.04 bits per heavy atom. The van der Waals surface area contributed by atoms with Gasteiger partial charge in [-0.3, -0.25) is 29.4 Å². The van der Waals surface area contributed by atoms with Gasteiger partial charge in [0.25, 0.3) is 0 Å². The number of thiophene rings is 1. The van der Waals surface area contributed by atoms with Crippen LogP contribution in [0.25, 0.3) is 0 Å². The van der Waals surface area contributed by atoms with Gasteiger partial charge in [0.1, 0.15) is 16.2 Å². The lowest BCUT2D eigenvalue weighted by Gasteiger charge is -2.39. The Labute approximate surface area is 684 Å². The summed E-state index contributed by atoms with van der Waals surface area (Å²) in [6, 6.07) is 31.6. The van der Waals surface area contributed by atoms with E-state index in [4.69, 9.17) is 5.26 Å². The maximum absolute atomic E-state index is 13.0. The zero-order chi connectivity index (χ0) is 81.3. The number of sulfonamides is 1. The summed E-state index contributed by atoms with van der Waals surface area (Å²) in [5.74, 6) is 10.4. The number of nitriles is 1. The maximum Gasteiger partial charge on any atom is 0.586 e. The third-order valence-electron chi connectivity index (χ3n) is 24.2. The number of alkyl halides is 5. The smallest absolute Gasteiger partial charge is 0.395 e. The molecular formula is C88H128BrF5N10O5S3. The fraction of sp³-hybridized carbons (Fsp3) is 0.648. The first kappa shape index (κ1) is 92.0. The van der Waals surface area contributed by atoms with E-state index in [0.29, 0.717) is 55.6 Å². The highest BCUT2D eigenvalue weighted by molar-refractivity contribution is 9.11. The Morgan fingerprint density at radius 1 is 0.571 bits per heavy atom. The van der Waals surface area contributed by atoms with Crippen LogP contribution in [0, 0.1) is 88.3 Å². The molecule has 6 fully saturated rings. The molecule has 0 radical (unpaired) electrons. The van der Waals surface area contributed by atoms with Crippen molar-refractivity contribution in [1.29, 1.82) is 5.26 Å². The SMILES string of the molecule is CC(C)C1CCN(Cc2ccc(Br)s2)CC1.CC(C)C1CCN(Cc2ccc(C#N)cc2)CC1.CC(C)C1CCN(Cc2ccc(C(F)(F)F)nc2)CC1.CC(C)C1CCN(Cc2ccc3c(c2)OC(F)(F)O3)CC1.CC(C)C1CCN(S(=O)(=O)Cc2ccccc2)CC1.CC(C)[C@H]1CN(C(=O)Cc2nncs2)CC[C@H]1C. The molecule has 7 aliphatic heterocycles. The van der Waals surface area contributed by atoms with E-state index in [1.807, 2.05) is 64.8 Å². The molecule has 7 aliphatic rings. The predicted molar refractivity (Wildman–Crippen MR) is 447 cm³/mol. The number of pyridine rings is 1. The number of nitrogens with zero attached hydrogens (tertiary/aromatic N) is 10. The Bertz CT molecular complexity index is 3840. The lowest BCUT2D eigenvalue weighted by molar-refractivity contribution is -0.286. The number of aromatic nitrogens is 3. The van der Waals surface area contributed by atoms with Crippen molar-refractivity contribution in [3.63, 3.8) is 0 Å². The number of piperidine rings is 6. The van der Waals surface area contributed by atoms with Crippen molar-refractivity contribution in [2.45, 2.75) is 211 Å². The molecule has 3 aromatic heterocycles. The quantitative estimate of drug-likeness (QED) is 0.0708. The van der Waals surface area contributed by atoms with Gasteiger partial charge in [-0.15, -0.1) is 41.7 Å². The van der Waals surface area contributed by atoms with Crippen LogP contribution in [-0.4, -0.2) is 143 Å². The third kappa shape index (κ3) is 30.5. The molecule has 10 heterocycles. The fourth-order valence-corrected chi connectivity index (χ4v) is 20.0. The van der Waals surface area contributed by atoms with E-state index < -0.39 is 28.2 Å². The fourth-order valence-electron chi connectivity index (χ4n) is 16.4. The number of carbonyl (C=O) groups is 1. The second-order valence-corrected chi connectivity index (χ2v) is 39.6.